The number of hydrogen-bond donors (Lipinski definition) is 1. The van der Waals surface area contributed by atoms with Gasteiger partial charge in [0.15, 0.2) is 0 Å². The van der Waals surface area contributed by atoms with Crippen molar-refractivity contribution < 1.29 is 23.0 Å². The van der Waals surface area contributed by atoms with Crippen LogP contribution in [0.15, 0.2) is 67.3 Å². The first-order chi connectivity index (χ1) is 18.5. The lowest BCUT2D eigenvalue weighted by atomic mass is 9.97. The number of hydrogen-bond acceptors (Lipinski definition) is 6. The predicted molar refractivity (Wildman–Crippen MR) is 138 cm³/mol. The van der Waals surface area contributed by atoms with E-state index in [9.17, 15) is 13.6 Å². The molecule has 196 valence electrons. The second kappa shape index (κ2) is 11.5. The summed E-state index contributed by atoms with van der Waals surface area (Å²) in [5.74, 6) is -1.51. The molecule has 10 heteroatoms. The number of amides is 1. The first kappa shape index (κ1) is 25.5. The highest BCUT2D eigenvalue weighted by molar-refractivity contribution is 6.07. The quantitative estimate of drug-likeness (QED) is 0.371. The van der Waals surface area contributed by atoms with Gasteiger partial charge in [-0.25, -0.2) is 8.78 Å². The minimum absolute atomic E-state index is 0.177. The molecule has 0 radical (unpaired) electrons. The fourth-order valence-corrected chi connectivity index (χ4v) is 4.31. The summed E-state index contributed by atoms with van der Waals surface area (Å²) >= 11 is 0. The Balaban J connectivity index is 1.55. The van der Waals surface area contributed by atoms with E-state index >= 15 is 0 Å². The Morgan fingerprint density at radius 2 is 1.95 bits per heavy atom. The maximum absolute atomic E-state index is 14.3. The fourth-order valence-electron chi connectivity index (χ4n) is 4.31. The Labute approximate surface area is 218 Å². The topological polar surface area (TPSA) is 81.5 Å². The van der Waals surface area contributed by atoms with Gasteiger partial charge in [0.2, 0.25) is 0 Å². The number of carbonyl (C=O) groups excluding carboxylic acids is 1. The van der Waals surface area contributed by atoms with Gasteiger partial charge in [0.05, 0.1) is 36.9 Å². The van der Waals surface area contributed by atoms with E-state index in [-0.39, 0.29) is 23.5 Å². The van der Waals surface area contributed by atoms with E-state index in [2.05, 4.69) is 20.3 Å². The number of halogens is 2. The zero-order valence-electron chi connectivity index (χ0n) is 20.9. The summed E-state index contributed by atoms with van der Waals surface area (Å²) in [6.45, 7) is 3.24. The van der Waals surface area contributed by atoms with Crippen molar-refractivity contribution in [1.29, 1.82) is 0 Å². The van der Waals surface area contributed by atoms with Crippen LogP contribution in [0, 0.1) is 11.6 Å². The van der Waals surface area contributed by atoms with E-state index in [1.807, 2.05) is 19.3 Å². The molecule has 3 heterocycles. The summed E-state index contributed by atoms with van der Waals surface area (Å²) in [4.78, 5) is 19.8. The number of rotatable bonds is 8. The average molecular weight is 520 g/mol. The molecule has 1 aliphatic rings. The molecule has 1 N–H and O–H groups in total. The van der Waals surface area contributed by atoms with E-state index in [1.165, 1.54) is 12.1 Å². The van der Waals surface area contributed by atoms with Crippen LogP contribution < -0.4 is 10.1 Å². The number of ether oxygens (including phenoxy) is 2. The van der Waals surface area contributed by atoms with E-state index < -0.39 is 17.5 Å². The van der Waals surface area contributed by atoms with Crippen LogP contribution in [-0.2, 0) is 24.9 Å². The van der Waals surface area contributed by atoms with Gasteiger partial charge in [0.1, 0.15) is 24.0 Å². The fraction of sp³-hybridized carbons (Fsp3) is 0.250. The van der Waals surface area contributed by atoms with Crippen molar-refractivity contribution >= 4 is 11.6 Å². The van der Waals surface area contributed by atoms with Gasteiger partial charge in [-0.2, -0.15) is 5.10 Å². The third kappa shape index (κ3) is 6.04. The molecule has 1 saturated heterocycles. The summed E-state index contributed by atoms with van der Waals surface area (Å²) in [5, 5.41) is 7.16. The minimum atomic E-state index is -0.716. The molecule has 2 aromatic carbocycles. The first-order valence-corrected chi connectivity index (χ1v) is 12.2. The summed E-state index contributed by atoms with van der Waals surface area (Å²) in [5.41, 5.74) is 3.57. The molecule has 38 heavy (non-hydrogen) atoms. The lowest BCUT2D eigenvalue weighted by Crippen LogP contribution is -2.35. The predicted octanol–water partition coefficient (Wildman–Crippen LogP) is 4.42. The van der Waals surface area contributed by atoms with Crippen LogP contribution in [0.5, 0.6) is 5.75 Å². The molecule has 1 fully saturated rings. The number of morpholine rings is 1. The van der Waals surface area contributed by atoms with Crippen LogP contribution in [0.3, 0.4) is 0 Å². The van der Waals surface area contributed by atoms with Crippen LogP contribution in [-0.4, -0.2) is 51.9 Å². The SMILES string of the molecule is Cn1cc(-c2cc(C(=O)Nc3cccnc3)c(OCc3ccc(F)cc3F)cc2CN2CCOCC2)cn1. The third-order valence-corrected chi connectivity index (χ3v) is 6.28. The molecular formula is C28H27F2N5O3. The van der Waals surface area contributed by atoms with E-state index in [4.69, 9.17) is 9.47 Å². The van der Waals surface area contributed by atoms with Gasteiger partial charge in [-0.3, -0.25) is 19.4 Å². The molecule has 8 nitrogen and oxygen atoms in total. The van der Waals surface area contributed by atoms with Gasteiger partial charge in [-0.1, -0.05) is 0 Å². The largest absolute Gasteiger partial charge is 0.488 e. The zero-order valence-corrected chi connectivity index (χ0v) is 20.9. The van der Waals surface area contributed by atoms with Crippen molar-refractivity contribution in [3.05, 3.63) is 95.6 Å². The molecular weight excluding hydrogens is 492 g/mol. The number of anilines is 1. The monoisotopic (exact) mass is 519 g/mol. The van der Waals surface area contributed by atoms with Crippen LogP contribution in [0.25, 0.3) is 11.1 Å². The molecule has 0 spiro atoms. The highest BCUT2D eigenvalue weighted by atomic mass is 19.1. The maximum atomic E-state index is 14.3. The number of carbonyl (C=O) groups is 1. The molecule has 0 unspecified atom stereocenters. The molecule has 0 atom stereocenters. The van der Waals surface area contributed by atoms with Crippen molar-refractivity contribution in [3.8, 4) is 16.9 Å². The summed E-state index contributed by atoms with van der Waals surface area (Å²) in [6, 6.07) is 10.4. The first-order valence-electron chi connectivity index (χ1n) is 12.2. The number of nitrogens with zero attached hydrogens (tertiary/aromatic N) is 4. The van der Waals surface area contributed by atoms with Gasteiger partial charge >= 0.3 is 0 Å². The van der Waals surface area contributed by atoms with Crippen molar-refractivity contribution in [2.75, 3.05) is 31.6 Å². The molecule has 5 rings (SSSR count). The minimum Gasteiger partial charge on any atom is -0.488 e. The number of pyridine rings is 1. The Hall–Kier alpha value is -4.15. The van der Waals surface area contributed by atoms with Crippen molar-refractivity contribution in [2.24, 2.45) is 7.05 Å². The number of aromatic nitrogens is 3. The van der Waals surface area contributed by atoms with Gasteiger partial charge in [-0.05, 0) is 47.5 Å². The Kier molecular flexibility index (Phi) is 7.71. The summed E-state index contributed by atoms with van der Waals surface area (Å²) in [6.07, 6.45) is 6.79. The summed E-state index contributed by atoms with van der Waals surface area (Å²) in [7, 11) is 1.83. The van der Waals surface area contributed by atoms with Crippen LogP contribution in [0.4, 0.5) is 14.5 Å². The van der Waals surface area contributed by atoms with Gasteiger partial charge < -0.3 is 14.8 Å². The van der Waals surface area contributed by atoms with Crippen LogP contribution in [0.1, 0.15) is 21.5 Å². The van der Waals surface area contributed by atoms with Gasteiger partial charge in [0.25, 0.3) is 5.91 Å². The lowest BCUT2D eigenvalue weighted by molar-refractivity contribution is 0.0342. The van der Waals surface area contributed by atoms with Gasteiger partial charge in [0, 0.05) is 56.3 Å². The van der Waals surface area contributed by atoms with E-state index in [0.29, 0.717) is 25.4 Å². The number of benzene rings is 2. The van der Waals surface area contributed by atoms with Gasteiger partial charge in [-0.15, -0.1) is 0 Å². The number of nitrogens with one attached hydrogen (secondary N) is 1. The van der Waals surface area contributed by atoms with Crippen LogP contribution >= 0.6 is 0 Å². The second-order valence-corrected chi connectivity index (χ2v) is 9.02. The Morgan fingerprint density at radius 1 is 1.11 bits per heavy atom. The molecule has 2 aromatic heterocycles. The third-order valence-electron chi connectivity index (χ3n) is 6.28. The molecule has 0 saturated carbocycles. The summed E-state index contributed by atoms with van der Waals surface area (Å²) < 4.78 is 41.0. The Morgan fingerprint density at radius 3 is 2.66 bits per heavy atom. The zero-order chi connectivity index (χ0) is 26.5. The molecule has 0 bridgehead atoms. The van der Waals surface area contributed by atoms with Crippen molar-refractivity contribution in [2.45, 2.75) is 13.2 Å². The molecule has 1 aliphatic heterocycles. The lowest BCUT2D eigenvalue weighted by Gasteiger charge is -2.28. The molecule has 1 amide bonds. The highest BCUT2D eigenvalue weighted by Gasteiger charge is 2.22. The molecule has 0 aliphatic carbocycles. The van der Waals surface area contributed by atoms with E-state index in [1.54, 1.807) is 41.5 Å². The van der Waals surface area contributed by atoms with E-state index in [0.717, 1.165) is 35.8 Å². The molecule has 4 aromatic rings. The second-order valence-electron chi connectivity index (χ2n) is 9.02. The normalized spacial score (nSPS) is 13.9. The highest BCUT2D eigenvalue weighted by Crippen LogP contribution is 2.33. The Bertz CT molecular complexity index is 1420. The standard InChI is InChI=1S/C28H27F2N5O3/c1-34-16-21(14-32-34)24-13-25(28(36)33-23-3-2-6-31-15-23)27(11-20(24)17-35-7-9-37-10-8-35)38-18-19-4-5-22(29)12-26(19)30/h2-6,11-16H,7-10,17-18H2,1H3,(H,33,36). The maximum Gasteiger partial charge on any atom is 0.259 e. The average Bonchev–Trinajstić information content (AvgIpc) is 3.35. The van der Waals surface area contributed by atoms with Crippen LogP contribution in [0.2, 0.25) is 0 Å². The van der Waals surface area contributed by atoms with Crippen molar-refractivity contribution in [1.82, 2.24) is 19.7 Å². The van der Waals surface area contributed by atoms with Crippen molar-refractivity contribution in [3.63, 3.8) is 0 Å². The number of aryl methyl sites for hydroxylation is 1. The smallest absolute Gasteiger partial charge is 0.259 e.